The number of aromatic nitrogens is 2. The first-order chi connectivity index (χ1) is 12.6. The second-order valence-electron chi connectivity index (χ2n) is 5.37. The second kappa shape index (κ2) is 7.57. The summed E-state index contributed by atoms with van der Waals surface area (Å²) in [5.41, 5.74) is 0.443. The predicted molar refractivity (Wildman–Crippen MR) is 102 cm³/mol. The molecular formula is C18H19N3O4S. The summed E-state index contributed by atoms with van der Waals surface area (Å²) in [6.45, 7) is 2.05. The molecule has 136 valence electrons. The number of benzene rings is 1. The molecule has 7 nitrogen and oxygen atoms in total. The Kier molecular flexibility index (Phi) is 5.22. The van der Waals surface area contributed by atoms with Crippen molar-refractivity contribution in [2.24, 2.45) is 5.10 Å². The average Bonchev–Trinajstić information content (AvgIpc) is 3.11. The van der Waals surface area contributed by atoms with Gasteiger partial charge in [-0.25, -0.2) is 4.98 Å². The molecule has 0 radical (unpaired) electrons. The molecule has 0 aliphatic heterocycles. The molecule has 0 amide bonds. The lowest BCUT2D eigenvalue weighted by Crippen LogP contribution is -2.16. The van der Waals surface area contributed by atoms with E-state index in [2.05, 4.69) is 10.1 Å². The standard InChI is InChI=1S/C18H19N3O4S/c1-5-12-7-13-17(26-12)19-10-21(18(13)22)20-9-11-6-15(24-3)16(25-4)8-14(11)23-2/h6-10H,5H2,1-4H3/b20-9-. The average molecular weight is 373 g/mol. The SMILES string of the molecule is CCc1cc2c(=O)n(/N=C\c3cc(OC)c(OC)cc3OC)cnc2s1. The summed E-state index contributed by atoms with van der Waals surface area (Å²) < 4.78 is 17.1. The van der Waals surface area contributed by atoms with E-state index in [1.165, 1.54) is 28.6 Å². The minimum atomic E-state index is -0.207. The summed E-state index contributed by atoms with van der Waals surface area (Å²) in [5.74, 6) is 1.64. The van der Waals surface area contributed by atoms with Crippen LogP contribution in [0.25, 0.3) is 10.2 Å². The third-order valence-electron chi connectivity index (χ3n) is 3.89. The van der Waals surface area contributed by atoms with Crippen LogP contribution in [0.2, 0.25) is 0 Å². The molecule has 0 saturated heterocycles. The molecule has 2 aromatic heterocycles. The fourth-order valence-electron chi connectivity index (χ4n) is 2.50. The van der Waals surface area contributed by atoms with Gasteiger partial charge in [0.1, 0.15) is 16.9 Å². The van der Waals surface area contributed by atoms with Crippen molar-refractivity contribution in [1.29, 1.82) is 0 Å². The van der Waals surface area contributed by atoms with Crippen LogP contribution >= 0.6 is 11.3 Å². The Morgan fingerprint density at radius 1 is 1.12 bits per heavy atom. The molecule has 0 unspecified atom stereocenters. The molecule has 0 N–H and O–H groups in total. The van der Waals surface area contributed by atoms with Crippen molar-refractivity contribution in [3.63, 3.8) is 0 Å². The molecule has 0 spiro atoms. The molecule has 3 rings (SSSR count). The van der Waals surface area contributed by atoms with Crippen LogP contribution in [0.4, 0.5) is 0 Å². The molecule has 0 saturated carbocycles. The summed E-state index contributed by atoms with van der Waals surface area (Å²) >= 11 is 1.52. The van der Waals surface area contributed by atoms with Crippen LogP contribution < -0.4 is 19.8 Å². The number of hydrogen-bond acceptors (Lipinski definition) is 7. The fourth-order valence-corrected chi connectivity index (χ4v) is 3.42. The maximum Gasteiger partial charge on any atom is 0.282 e. The minimum absolute atomic E-state index is 0.207. The van der Waals surface area contributed by atoms with E-state index >= 15 is 0 Å². The van der Waals surface area contributed by atoms with Crippen molar-refractivity contribution in [3.05, 3.63) is 45.3 Å². The van der Waals surface area contributed by atoms with Gasteiger partial charge in [-0.3, -0.25) is 4.79 Å². The third-order valence-corrected chi connectivity index (χ3v) is 5.08. The van der Waals surface area contributed by atoms with E-state index in [-0.39, 0.29) is 5.56 Å². The number of aryl methyl sites for hydroxylation is 1. The van der Waals surface area contributed by atoms with Crippen LogP contribution in [0.1, 0.15) is 17.4 Å². The van der Waals surface area contributed by atoms with Gasteiger partial charge >= 0.3 is 0 Å². The van der Waals surface area contributed by atoms with Crippen molar-refractivity contribution >= 4 is 27.8 Å². The number of thiophene rings is 1. The quantitative estimate of drug-likeness (QED) is 0.621. The van der Waals surface area contributed by atoms with E-state index in [1.807, 2.05) is 13.0 Å². The Morgan fingerprint density at radius 2 is 1.81 bits per heavy atom. The van der Waals surface area contributed by atoms with E-state index < -0.39 is 0 Å². The molecule has 0 atom stereocenters. The topological polar surface area (TPSA) is 74.9 Å². The van der Waals surface area contributed by atoms with E-state index in [4.69, 9.17) is 14.2 Å². The first-order valence-corrected chi connectivity index (χ1v) is 8.77. The minimum Gasteiger partial charge on any atom is -0.496 e. The van der Waals surface area contributed by atoms with Crippen LogP contribution in [0, 0.1) is 0 Å². The number of fused-ring (bicyclic) bond motifs is 1. The number of methoxy groups -OCH3 is 3. The molecule has 0 fully saturated rings. The fraction of sp³-hybridized carbons (Fsp3) is 0.278. The molecule has 0 aliphatic carbocycles. The summed E-state index contributed by atoms with van der Waals surface area (Å²) in [5, 5.41) is 4.82. The lowest BCUT2D eigenvalue weighted by molar-refractivity contribution is 0.349. The zero-order chi connectivity index (χ0) is 18.7. The van der Waals surface area contributed by atoms with E-state index in [0.717, 1.165) is 16.1 Å². The van der Waals surface area contributed by atoms with Gasteiger partial charge in [0, 0.05) is 16.5 Å². The van der Waals surface area contributed by atoms with Crippen LogP contribution in [0.5, 0.6) is 17.2 Å². The lowest BCUT2D eigenvalue weighted by Gasteiger charge is -2.11. The van der Waals surface area contributed by atoms with Crippen molar-refractivity contribution in [3.8, 4) is 17.2 Å². The van der Waals surface area contributed by atoms with Crippen LogP contribution in [0.15, 0.2) is 34.4 Å². The zero-order valence-corrected chi connectivity index (χ0v) is 15.8. The van der Waals surface area contributed by atoms with Gasteiger partial charge in [0.05, 0.1) is 32.9 Å². The molecule has 1 aromatic carbocycles. The molecule has 2 heterocycles. The summed E-state index contributed by atoms with van der Waals surface area (Å²) in [6.07, 6.45) is 3.82. The highest BCUT2D eigenvalue weighted by Crippen LogP contribution is 2.33. The maximum absolute atomic E-state index is 12.6. The van der Waals surface area contributed by atoms with Crippen molar-refractivity contribution < 1.29 is 14.2 Å². The molecule has 26 heavy (non-hydrogen) atoms. The monoisotopic (exact) mass is 373 g/mol. The van der Waals surface area contributed by atoms with Gasteiger partial charge in [-0.05, 0) is 18.6 Å². The summed E-state index contributed by atoms with van der Waals surface area (Å²) in [7, 11) is 4.66. The second-order valence-corrected chi connectivity index (χ2v) is 6.49. The van der Waals surface area contributed by atoms with Crippen LogP contribution in [0.3, 0.4) is 0 Å². The van der Waals surface area contributed by atoms with Crippen LogP contribution in [-0.4, -0.2) is 37.2 Å². The molecule has 8 heteroatoms. The Balaban J connectivity index is 2.03. The summed E-state index contributed by atoms with van der Waals surface area (Å²) in [6, 6.07) is 5.31. The Labute approximate surface area is 154 Å². The summed E-state index contributed by atoms with van der Waals surface area (Å²) in [4.78, 5) is 18.8. The van der Waals surface area contributed by atoms with Gasteiger partial charge in [0.25, 0.3) is 5.56 Å². The van der Waals surface area contributed by atoms with Gasteiger partial charge in [-0.15, -0.1) is 11.3 Å². The van der Waals surface area contributed by atoms with E-state index in [0.29, 0.717) is 28.2 Å². The Morgan fingerprint density at radius 3 is 2.46 bits per heavy atom. The van der Waals surface area contributed by atoms with E-state index in [1.54, 1.807) is 33.5 Å². The van der Waals surface area contributed by atoms with Gasteiger partial charge in [-0.2, -0.15) is 9.78 Å². The molecule has 3 aromatic rings. The molecule has 0 bridgehead atoms. The zero-order valence-electron chi connectivity index (χ0n) is 15.0. The first-order valence-electron chi connectivity index (χ1n) is 7.95. The van der Waals surface area contributed by atoms with Crippen molar-refractivity contribution in [1.82, 2.24) is 9.66 Å². The highest BCUT2D eigenvalue weighted by molar-refractivity contribution is 7.18. The van der Waals surface area contributed by atoms with Gasteiger partial charge in [0.2, 0.25) is 0 Å². The smallest absolute Gasteiger partial charge is 0.282 e. The van der Waals surface area contributed by atoms with Gasteiger partial charge in [0.15, 0.2) is 11.5 Å². The molecular weight excluding hydrogens is 354 g/mol. The highest BCUT2D eigenvalue weighted by atomic mass is 32.1. The maximum atomic E-state index is 12.6. The molecule has 0 aliphatic rings. The number of nitrogens with zero attached hydrogens (tertiary/aromatic N) is 3. The van der Waals surface area contributed by atoms with Crippen LogP contribution in [-0.2, 0) is 6.42 Å². The van der Waals surface area contributed by atoms with E-state index in [9.17, 15) is 4.79 Å². The van der Waals surface area contributed by atoms with Gasteiger partial charge < -0.3 is 14.2 Å². The first kappa shape index (κ1) is 17.9. The Hall–Kier alpha value is -2.87. The number of ether oxygens (including phenoxy) is 3. The third kappa shape index (κ3) is 3.28. The van der Waals surface area contributed by atoms with Crippen molar-refractivity contribution in [2.45, 2.75) is 13.3 Å². The largest absolute Gasteiger partial charge is 0.496 e. The number of hydrogen-bond donors (Lipinski definition) is 0. The lowest BCUT2D eigenvalue weighted by atomic mass is 10.2. The van der Waals surface area contributed by atoms with Gasteiger partial charge in [-0.1, -0.05) is 6.92 Å². The Bertz CT molecular complexity index is 1020. The number of rotatable bonds is 6. The predicted octanol–water partition coefficient (Wildman–Crippen LogP) is 2.93. The normalized spacial score (nSPS) is 11.2. The highest BCUT2D eigenvalue weighted by Gasteiger charge is 2.11. The van der Waals surface area contributed by atoms with Crippen molar-refractivity contribution in [2.75, 3.05) is 21.3 Å².